The first-order valence-corrected chi connectivity index (χ1v) is 22.7. The molecule has 1 aromatic heterocycles. The number of benzene rings is 1. The molecule has 5 heteroatoms. The zero-order valence-corrected chi connectivity index (χ0v) is 34.4. The number of ether oxygens (including phenoxy) is 1. The van der Waals surface area contributed by atoms with Crippen LogP contribution in [0.4, 0.5) is 0 Å². The molecule has 298 valence electrons. The van der Waals surface area contributed by atoms with Gasteiger partial charge in [-0.25, -0.2) is 4.79 Å². The van der Waals surface area contributed by atoms with E-state index in [0.717, 1.165) is 48.6 Å². The number of unbranched alkanes of at least 4 members (excludes halogenated alkanes) is 28. The van der Waals surface area contributed by atoms with Crippen molar-refractivity contribution < 1.29 is 14.3 Å². The number of para-hydroxylation sites is 1. The van der Waals surface area contributed by atoms with Crippen LogP contribution in [0.25, 0.3) is 10.9 Å². The van der Waals surface area contributed by atoms with Gasteiger partial charge < -0.3 is 15.0 Å². The van der Waals surface area contributed by atoms with Crippen molar-refractivity contribution in [2.75, 3.05) is 6.61 Å². The fourth-order valence-corrected chi connectivity index (χ4v) is 7.82. The number of carbonyl (C=O) groups is 2. The van der Waals surface area contributed by atoms with Crippen LogP contribution in [0.3, 0.4) is 0 Å². The van der Waals surface area contributed by atoms with E-state index in [1.807, 2.05) is 25.1 Å². The third-order valence-electron chi connectivity index (χ3n) is 11.0. The van der Waals surface area contributed by atoms with Crippen molar-refractivity contribution in [2.45, 2.75) is 232 Å². The van der Waals surface area contributed by atoms with Crippen LogP contribution in [0.1, 0.15) is 248 Å². The minimum atomic E-state index is -0.341. The lowest BCUT2D eigenvalue weighted by Gasteiger charge is -2.20. The number of hydrogen-bond acceptors (Lipinski definition) is 3. The molecule has 0 saturated carbocycles. The Morgan fingerprint density at radius 1 is 0.558 bits per heavy atom. The summed E-state index contributed by atoms with van der Waals surface area (Å²) in [5.74, 6) is -0.243. The summed E-state index contributed by atoms with van der Waals surface area (Å²) in [6.07, 6.45) is 41.1. The minimum absolute atomic E-state index is 0.0979. The minimum Gasteiger partial charge on any atom is -0.461 e. The van der Waals surface area contributed by atoms with Crippen molar-refractivity contribution in [2.24, 2.45) is 0 Å². The van der Waals surface area contributed by atoms with Crippen LogP contribution in [-0.4, -0.2) is 23.5 Å². The Balaban J connectivity index is 1.74. The molecule has 0 fully saturated rings. The van der Waals surface area contributed by atoms with E-state index in [2.05, 4.69) is 30.2 Å². The van der Waals surface area contributed by atoms with Gasteiger partial charge in [0.05, 0.1) is 12.6 Å². The summed E-state index contributed by atoms with van der Waals surface area (Å²) in [5.41, 5.74) is 2.30. The van der Waals surface area contributed by atoms with Gasteiger partial charge in [-0.3, -0.25) is 4.79 Å². The Hall–Kier alpha value is -2.30. The van der Waals surface area contributed by atoms with Gasteiger partial charge in [0.15, 0.2) is 0 Å². The molecule has 0 spiro atoms. The smallest absolute Gasteiger partial charge is 0.355 e. The number of aromatic nitrogens is 1. The lowest BCUT2D eigenvalue weighted by Crippen LogP contribution is -2.29. The third-order valence-corrected chi connectivity index (χ3v) is 11.0. The molecular formula is C47H82N2O3. The van der Waals surface area contributed by atoms with Gasteiger partial charge in [0.2, 0.25) is 5.91 Å². The summed E-state index contributed by atoms with van der Waals surface area (Å²) in [6.45, 7) is 6.73. The van der Waals surface area contributed by atoms with E-state index in [4.69, 9.17) is 4.74 Å². The van der Waals surface area contributed by atoms with Crippen LogP contribution in [0.2, 0.25) is 0 Å². The quantitative estimate of drug-likeness (QED) is 0.0543. The average Bonchev–Trinajstić information content (AvgIpc) is 3.54. The number of nitrogens with one attached hydrogen (secondary N) is 2. The van der Waals surface area contributed by atoms with Crippen molar-refractivity contribution in [3.63, 3.8) is 0 Å². The number of fused-ring (bicyclic) bond motifs is 1. The summed E-state index contributed by atoms with van der Waals surface area (Å²) in [6, 6.07) is 7.85. The summed E-state index contributed by atoms with van der Waals surface area (Å²) < 4.78 is 5.46. The molecule has 5 nitrogen and oxygen atoms in total. The third kappa shape index (κ3) is 21.4. The molecule has 1 amide bonds. The molecule has 1 heterocycles. The first-order valence-electron chi connectivity index (χ1n) is 22.7. The lowest BCUT2D eigenvalue weighted by atomic mass is 9.96. The number of carbonyl (C=O) groups excluding carboxylic acids is 2. The van der Waals surface area contributed by atoms with Crippen LogP contribution < -0.4 is 5.32 Å². The van der Waals surface area contributed by atoms with Gasteiger partial charge in [-0.1, -0.05) is 218 Å². The van der Waals surface area contributed by atoms with Gasteiger partial charge in [-0.2, -0.15) is 0 Å². The normalized spacial score (nSPS) is 12.1. The molecule has 52 heavy (non-hydrogen) atoms. The van der Waals surface area contributed by atoms with Crippen LogP contribution in [0.15, 0.2) is 24.3 Å². The van der Waals surface area contributed by atoms with E-state index in [1.54, 1.807) is 0 Å². The molecule has 0 radical (unpaired) electrons. The van der Waals surface area contributed by atoms with Crippen molar-refractivity contribution >= 4 is 22.8 Å². The Kier molecular flexibility index (Phi) is 28.4. The van der Waals surface area contributed by atoms with E-state index in [-0.39, 0.29) is 17.9 Å². The molecule has 2 aromatic rings. The van der Waals surface area contributed by atoms with Gasteiger partial charge in [-0.15, -0.1) is 0 Å². The standard InChI is InChI=1S/C47H82N2O3/c1-4-7-9-11-13-15-17-19-21-23-25-27-29-31-33-39-43(45-41-37-35-36-38-42(41)49-46(45)47(51)52-6-3)48-44(50)40-34-32-30-28-26-24-22-20-18-16-14-12-10-8-5-2/h35-38,43,49H,4-34,39-40H2,1-3H3,(H,48,50). The Labute approximate surface area is 321 Å². The maximum Gasteiger partial charge on any atom is 0.355 e. The van der Waals surface area contributed by atoms with E-state index in [1.165, 1.54) is 167 Å². The monoisotopic (exact) mass is 723 g/mol. The molecule has 1 atom stereocenters. The Bertz CT molecular complexity index is 1140. The molecule has 0 aliphatic carbocycles. The van der Waals surface area contributed by atoms with Crippen LogP contribution in [-0.2, 0) is 9.53 Å². The Morgan fingerprint density at radius 3 is 1.40 bits per heavy atom. The molecule has 1 aromatic carbocycles. The Morgan fingerprint density at radius 2 is 0.962 bits per heavy atom. The number of esters is 1. The van der Waals surface area contributed by atoms with Crippen molar-refractivity contribution in [1.29, 1.82) is 0 Å². The van der Waals surface area contributed by atoms with Gasteiger partial charge in [-0.05, 0) is 25.8 Å². The van der Waals surface area contributed by atoms with Crippen molar-refractivity contribution in [1.82, 2.24) is 10.3 Å². The van der Waals surface area contributed by atoms with Crippen LogP contribution in [0.5, 0.6) is 0 Å². The van der Waals surface area contributed by atoms with Gasteiger partial charge in [0.1, 0.15) is 5.69 Å². The molecule has 2 rings (SSSR count). The summed E-state index contributed by atoms with van der Waals surface area (Å²) in [4.78, 5) is 29.8. The highest BCUT2D eigenvalue weighted by Crippen LogP contribution is 2.32. The molecule has 0 saturated heterocycles. The highest BCUT2D eigenvalue weighted by molar-refractivity contribution is 5.99. The van der Waals surface area contributed by atoms with E-state index < -0.39 is 0 Å². The van der Waals surface area contributed by atoms with Gasteiger partial charge in [0, 0.05) is 22.9 Å². The summed E-state index contributed by atoms with van der Waals surface area (Å²) in [7, 11) is 0. The second kappa shape index (κ2) is 32.2. The molecule has 2 N–H and O–H groups in total. The number of rotatable bonds is 36. The summed E-state index contributed by atoms with van der Waals surface area (Å²) >= 11 is 0. The molecule has 0 aliphatic heterocycles. The number of amides is 1. The molecule has 0 aliphatic rings. The first kappa shape index (κ1) is 45.9. The highest BCUT2D eigenvalue weighted by Gasteiger charge is 2.26. The molecular weight excluding hydrogens is 641 g/mol. The van der Waals surface area contributed by atoms with Gasteiger partial charge in [0.25, 0.3) is 0 Å². The lowest BCUT2D eigenvalue weighted by molar-refractivity contribution is -0.122. The van der Waals surface area contributed by atoms with Crippen molar-refractivity contribution in [3.8, 4) is 0 Å². The predicted octanol–water partition coefficient (Wildman–Crippen LogP) is 15.0. The van der Waals surface area contributed by atoms with Gasteiger partial charge >= 0.3 is 5.97 Å². The van der Waals surface area contributed by atoms with E-state index in [9.17, 15) is 9.59 Å². The maximum absolute atomic E-state index is 13.3. The number of hydrogen-bond donors (Lipinski definition) is 2. The van der Waals surface area contributed by atoms with Crippen LogP contribution >= 0.6 is 0 Å². The zero-order valence-electron chi connectivity index (χ0n) is 34.4. The average molecular weight is 723 g/mol. The highest BCUT2D eigenvalue weighted by atomic mass is 16.5. The molecule has 0 bridgehead atoms. The largest absolute Gasteiger partial charge is 0.461 e. The fourth-order valence-electron chi connectivity index (χ4n) is 7.82. The van der Waals surface area contributed by atoms with E-state index in [0.29, 0.717) is 18.7 Å². The first-order chi connectivity index (χ1) is 25.6. The van der Waals surface area contributed by atoms with Crippen molar-refractivity contribution in [3.05, 3.63) is 35.5 Å². The zero-order chi connectivity index (χ0) is 37.3. The predicted molar refractivity (Wildman–Crippen MR) is 224 cm³/mol. The second-order valence-electron chi connectivity index (χ2n) is 15.7. The second-order valence-corrected chi connectivity index (χ2v) is 15.7. The summed E-state index contributed by atoms with van der Waals surface area (Å²) in [5, 5.41) is 4.38. The maximum atomic E-state index is 13.3. The SMILES string of the molecule is CCCCCCCCCCCCCCCCCC(=O)NC(CCCCCCCCCCCCCCCCC)c1c(C(=O)OCC)[nH]c2ccccc12. The number of H-pyrrole nitrogens is 1. The fraction of sp³-hybridized carbons (Fsp3) is 0.787. The molecule has 1 unspecified atom stereocenters. The number of aromatic amines is 1. The van der Waals surface area contributed by atoms with E-state index >= 15 is 0 Å². The topological polar surface area (TPSA) is 71.2 Å². The van der Waals surface area contributed by atoms with Crippen LogP contribution in [0, 0.1) is 0 Å².